The summed E-state index contributed by atoms with van der Waals surface area (Å²) < 4.78 is 0. The van der Waals surface area contributed by atoms with Gasteiger partial charge in [-0.05, 0) is 55.6 Å². The van der Waals surface area contributed by atoms with Crippen molar-refractivity contribution in [1.29, 1.82) is 0 Å². The van der Waals surface area contributed by atoms with E-state index in [9.17, 15) is 0 Å². The highest BCUT2D eigenvalue weighted by atomic mass is 35.5. The van der Waals surface area contributed by atoms with Crippen molar-refractivity contribution in [2.24, 2.45) is 5.92 Å². The number of halogens is 1. The topological polar surface area (TPSA) is 35.2 Å². The van der Waals surface area contributed by atoms with Gasteiger partial charge in [-0.15, -0.1) is 0 Å². The van der Waals surface area contributed by atoms with E-state index in [1.54, 1.807) is 0 Å². The summed E-state index contributed by atoms with van der Waals surface area (Å²) in [6.45, 7) is 7.77. The summed E-state index contributed by atoms with van der Waals surface area (Å²) >= 11 is 6.64. The summed E-state index contributed by atoms with van der Waals surface area (Å²) in [5.74, 6) is 0.711. The van der Waals surface area contributed by atoms with Crippen LogP contribution in [0.5, 0.6) is 0 Å². The maximum atomic E-state index is 6.64. The van der Waals surface area contributed by atoms with E-state index in [1.807, 2.05) is 18.5 Å². The number of piperidine rings is 1. The molecule has 4 heterocycles. The number of H-pyrrole nitrogens is 1. The van der Waals surface area contributed by atoms with Crippen LogP contribution in [-0.2, 0) is 0 Å². The van der Waals surface area contributed by atoms with Crippen LogP contribution in [-0.4, -0.2) is 52.5 Å². The molecule has 0 saturated carbocycles. The van der Waals surface area contributed by atoms with Gasteiger partial charge < -0.3 is 14.8 Å². The predicted octanol–water partition coefficient (Wildman–Crippen LogP) is 4.07. The second-order valence-electron chi connectivity index (χ2n) is 7.03. The van der Waals surface area contributed by atoms with Crippen LogP contribution >= 0.6 is 11.6 Å². The van der Waals surface area contributed by atoms with E-state index >= 15 is 0 Å². The lowest BCUT2D eigenvalue weighted by Gasteiger charge is -2.36. The fourth-order valence-corrected chi connectivity index (χ4v) is 4.27. The molecule has 4 nitrogen and oxygen atoms in total. The van der Waals surface area contributed by atoms with Gasteiger partial charge >= 0.3 is 0 Å². The molecule has 4 rings (SSSR count). The van der Waals surface area contributed by atoms with Crippen molar-refractivity contribution in [2.75, 3.05) is 32.7 Å². The number of hydrogen-bond donors (Lipinski definition) is 1. The predicted molar refractivity (Wildman–Crippen MR) is 104 cm³/mol. The van der Waals surface area contributed by atoms with E-state index in [0.717, 1.165) is 35.8 Å². The second kappa shape index (κ2) is 7.22. The highest BCUT2D eigenvalue weighted by Crippen LogP contribution is 2.31. The molecule has 0 bridgehead atoms. The van der Waals surface area contributed by atoms with Gasteiger partial charge in [-0.2, -0.15) is 0 Å². The largest absolute Gasteiger partial charge is 0.358 e. The van der Waals surface area contributed by atoms with Crippen molar-refractivity contribution in [3.63, 3.8) is 0 Å². The zero-order valence-corrected chi connectivity index (χ0v) is 15.5. The van der Waals surface area contributed by atoms with Crippen molar-refractivity contribution in [3.05, 3.63) is 47.4 Å². The molecule has 2 aromatic rings. The van der Waals surface area contributed by atoms with Gasteiger partial charge in [0.25, 0.3) is 0 Å². The lowest BCUT2D eigenvalue weighted by atomic mass is 9.96. The van der Waals surface area contributed by atoms with Crippen LogP contribution in [0, 0.1) is 5.92 Å². The molecule has 5 heteroatoms. The molecule has 2 aliphatic heterocycles. The SMILES string of the molecule is CCN1CCCC(CN2CC=C(c3c[nH]c4ncccc34)C=C2Cl)C1. The summed E-state index contributed by atoms with van der Waals surface area (Å²) in [6.07, 6.45) is 10.8. The molecule has 0 radical (unpaired) electrons. The van der Waals surface area contributed by atoms with Gasteiger partial charge in [0, 0.05) is 43.0 Å². The zero-order valence-electron chi connectivity index (χ0n) is 14.7. The van der Waals surface area contributed by atoms with Crippen LogP contribution in [0.3, 0.4) is 0 Å². The molecule has 1 atom stereocenters. The average molecular weight is 357 g/mol. The molecule has 2 aliphatic rings. The molecular weight excluding hydrogens is 332 g/mol. The number of likely N-dealkylation sites (tertiary alicyclic amines) is 1. The van der Waals surface area contributed by atoms with Crippen molar-refractivity contribution in [2.45, 2.75) is 19.8 Å². The first kappa shape index (κ1) is 16.7. The molecular formula is C20H25ClN4. The minimum absolute atomic E-state index is 0.711. The maximum Gasteiger partial charge on any atom is 0.137 e. The van der Waals surface area contributed by atoms with Crippen LogP contribution < -0.4 is 0 Å². The fraction of sp³-hybridized carbons (Fsp3) is 0.450. The van der Waals surface area contributed by atoms with Gasteiger partial charge in [-0.3, -0.25) is 0 Å². The number of allylic oxidation sites excluding steroid dienone is 2. The zero-order chi connectivity index (χ0) is 17.2. The molecule has 0 aromatic carbocycles. The fourth-order valence-electron chi connectivity index (χ4n) is 4.02. The van der Waals surface area contributed by atoms with Gasteiger partial charge in [0.15, 0.2) is 0 Å². The Labute approximate surface area is 154 Å². The van der Waals surface area contributed by atoms with Crippen LogP contribution in [0.2, 0.25) is 0 Å². The van der Waals surface area contributed by atoms with E-state index < -0.39 is 0 Å². The molecule has 0 spiro atoms. The molecule has 0 aliphatic carbocycles. The number of hydrogen-bond acceptors (Lipinski definition) is 3. The van der Waals surface area contributed by atoms with Crippen molar-refractivity contribution >= 4 is 28.2 Å². The number of fused-ring (bicyclic) bond motifs is 1. The number of pyridine rings is 1. The lowest BCUT2D eigenvalue weighted by Crippen LogP contribution is -2.40. The lowest BCUT2D eigenvalue weighted by molar-refractivity contribution is 0.157. The molecule has 25 heavy (non-hydrogen) atoms. The van der Waals surface area contributed by atoms with E-state index in [-0.39, 0.29) is 0 Å². The van der Waals surface area contributed by atoms with Gasteiger partial charge in [-0.25, -0.2) is 4.98 Å². The minimum Gasteiger partial charge on any atom is -0.358 e. The van der Waals surface area contributed by atoms with E-state index in [2.05, 4.69) is 44.9 Å². The van der Waals surface area contributed by atoms with E-state index in [4.69, 9.17) is 11.6 Å². The Kier molecular flexibility index (Phi) is 4.82. The normalized spacial score (nSPS) is 22.2. The second-order valence-corrected chi connectivity index (χ2v) is 7.42. The monoisotopic (exact) mass is 356 g/mol. The van der Waals surface area contributed by atoms with Crippen LogP contribution in [0.1, 0.15) is 25.3 Å². The summed E-state index contributed by atoms with van der Waals surface area (Å²) in [7, 11) is 0. The quantitative estimate of drug-likeness (QED) is 0.838. The highest BCUT2D eigenvalue weighted by Gasteiger charge is 2.23. The Morgan fingerprint density at radius 2 is 2.32 bits per heavy atom. The molecule has 1 fully saturated rings. The third-order valence-corrected chi connectivity index (χ3v) is 5.75. The standard InChI is InChI=1S/C20H25ClN4/c1-2-24-9-4-5-15(13-24)14-25-10-7-16(11-19(25)21)18-12-23-20-17(18)6-3-8-22-20/h3,6-8,11-12,15H,2,4-5,9-10,13-14H2,1H3,(H,22,23). The Balaban J connectivity index is 1.47. The Morgan fingerprint density at radius 1 is 1.40 bits per heavy atom. The Bertz CT molecular complexity index is 807. The average Bonchev–Trinajstić information content (AvgIpc) is 3.08. The van der Waals surface area contributed by atoms with Gasteiger partial charge in [0.05, 0.1) is 0 Å². The maximum absolute atomic E-state index is 6.64. The summed E-state index contributed by atoms with van der Waals surface area (Å²) in [5, 5.41) is 2.00. The number of aromatic nitrogens is 2. The van der Waals surface area contributed by atoms with Gasteiger partial charge in [0.2, 0.25) is 0 Å². The van der Waals surface area contributed by atoms with E-state index in [1.165, 1.54) is 37.1 Å². The smallest absolute Gasteiger partial charge is 0.137 e. The van der Waals surface area contributed by atoms with Gasteiger partial charge in [0.1, 0.15) is 10.8 Å². The third-order valence-electron chi connectivity index (χ3n) is 5.40. The van der Waals surface area contributed by atoms with Crippen molar-refractivity contribution < 1.29 is 0 Å². The summed E-state index contributed by atoms with van der Waals surface area (Å²) in [5.41, 5.74) is 3.28. The first-order chi connectivity index (χ1) is 12.2. The van der Waals surface area contributed by atoms with Crippen molar-refractivity contribution in [3.8, 4) is 0 Å². The molecule has 1 unspecified atom stereocenters. The summed E-state index contributed by atoms with van der Waals surface area (Å²) in [4.78, 5) is 12.5. The third kappa shape index (κ3) is 3.46. The van der Waals surface area contributed by atoms with Crippen LogP contribution in [0.15, 0.2) is 41.8 Å². The molecule has 0 amide bonds. The van der Waals surface area contributed by atoms with Gasteiger partial charge in [-0.1, -0.05) is 24.6 Å². The van der Waals surface area contributed by atoms with Crippen molar-refractivity contribution in [1.82, 2.24) is 19.8 Å². The molecule has 132 valence electrons. The first-order valence-corrected chi connectivity index (χ1v) is 9.59. The molecule has 2 aromatic heterocycles. The minimum atomic E-state index is 0.711. The number of aromatic amines is 1. The summed E-state index contributed by atoms with van der Waals surface area (Å²) in [6, 6.07) is 4.08. The van der Waals surface area contributed by atoms with Crippen LogP contribution in [0.4, 0.5) is 0 Å². The first-order valence-electron chi connectivity index (χ1n) is 9.21. The highest BCUT2D eigenvalue weighted by molar-refractivity contribution is 6.30. The van der Waals surface area contributed by atoms with E-state index in [0.29, 0.717) is 5.92 Å². The molecule has 1 N–H and O–H groups in total. The Hall–Kier alpha value is -1.78. The number of nitrogens with zero attached hydrogens (tertiary/aromatic N) is 3. The van der Waals surface area contributed by atoms with Crippen LogP contribution in [0.25, 0.3) is 16.6 Å². The molecule has 1 saturated heterocycles. The number of rotatable bonds is 4. The Morgan fingerprint density at radius 3 is 3.16 bits per heavy atom. The number of nitrogens with one attached hydrogen (secondary N) is 1.